The van der Waals surface area contributed by atoms with Crippen LogP contribution >= 0.6 is 23.4 Å². The number of halogens is 4. The number of carboxylic acid groups (broad SMARTS) is 1. The lowest BCUT2D eigenvalue weighted by Crippen LogP contribution is -2.42. The fraction of sp³-hybridized carbons (Fsp3) is 0.391. The molecule has 0 radical (unpaired) electrons. The molecule has 2 aliphatic rings. The van der Waals surface area contributed by atoms with Crippen molar-refractivity contribution in [3.8, 4) is 11.1 Å². The SMILES string of the molecule is CN(CCO[Si](C)(C)C(C)(C)C)CCC(CSc1ccccc1)Nc1ccc(S(=O)(=O)NC(=O)c2ccc(N3CCC([C@H](O)c4cc(C(=O)Nc5ccc(N6CCC(C(=O)O)CC6)cc5)ccc4-c4ccc(Cl)cc4)CC3)cc2)cc1S(=O)(=O)C(F)(F)F. The second-order valence-corrected chi connectivity index (χ2v) is 33.9. The van der Waals surface area contributed by atoms with Crippen LogP contribution in [0.2, 0.25) is 23.2 Å². The lowest BCUT2D eigenvalue weighted by molar-refractivity contribution is -0.142. The zero-order valence-corrected chi connectivity index (χ0v) is 54.2. The van der Waals surface area contributed by atoms with E-state index in [9.17, 15) is 54.6 Å². The average Bonchev–Trinajstić information content (AvgIpc) is 1.94. The minimum absolute atomic E-state index is 0.00825. The smallest absolute Gasteiger partial charge is 0.481 e. The number of carbonyl (C=O) groups is 3. The van der Waals surface area contributed by atoms with Crippen LogP contribution < -0.4 is 25.2 Å². The second kappa shape index (κ2) is 28.6. The maximum Gasteiger partial charge on any atom is 0.501 e. The van der Waals surface area contributed by atoms with Crippen LogP contribution in [0.15, 0.2) is 154 Å². The summed E-state index contributed by atoms with van der Waals surface area (Å²) >= 11 is 7.67. The minimum Gasteiger partial charge on any atom is -0.481 e. The summed E-state index contributed by atoms with van der Waals surface area (Å²) in [6, 6.07) is 36.9. The molecule has 2 heterocycles. The molecule has 16 nitrogen and oxygen atoms in total. The maximum absolute atomic E-state index is 14.4. The molecule has 0 saturated carbocycles. The van der Waals surface area contributed by atoms with Crippen LogP contribution in [0.4, 0.5) is 35.9 Å². The van der Waals surface area contributed by atoms with E-state index in [1.54, 1.807) is 54.6 Å². The Labute approximate surface area is 524 Å². The molecule has 6 aromatic carbocycles. The molecule has 8 rings (SSSR count). The van der Waals surface area contributed by atoms with Crippen LogP contribution in [0.5, 0.6) is 0 Å². The predicted octanol–water partition coefficient (Wildman–Crippen LogP) is 12.8. The molecule has 24 heteroatoms. The van der Waals surface area contributed by atoms with Crippen molar-refractivity contribution in [3.63, 3.8) is 0 Å². The van der Waals surface area contributed by atoms with Gasteiger partial charge >= 0.3 is 11.5 Å². The predicted molar refractivity (Wildman–Crippen MR) is 344 cm³/mol. The number of amides is 2. The molecule has 6 aromatic rings. The average molecular weight is 1310 g/mol. The van der Waals surface area contributed by atoms with Crippen molar-refractivity contribution in [1.29, 1.82) is 0 Å². The zero-order valence-electron chi connectivity index (χ0n) is 50.0. The van der Waals surface area contributed by atoms with E-state index in [2.05, 4.69) is 49.4 Å². The monoisotopic (exact) mass is 1300 g/mol. The van der Waals surface area contributed by atoms with E-state index in [0.29, 0.717) is 117 Å². The summed E-state index contributed by atoms with van der Waals surface area (Å²) in [5.74, 6) is -2.55. The molecular formula is C64H76ClF3N6O10S3Si. The number of benzene rings is 6. The first-order valence-electron chi connectivity index (χ1n) is 29.1. The molecule has 2 saturated heterocycles. The van der Waals surface area contributed by atoms with Gasteiger partial charge in [-0.15, -0.1) is 11.8 Å². The Hall–Kier alpha value is -6.44. The third-order valence-electron chi connectivity index (χ3n) is 16.8. The fourth-order valence-corrected chi connectivity index (χ4v) is 14.6. The van der Waals surface area contributed by atoms with E-state index in [1.165, 1.54) is 23.9 Å². The van der Waals surface area contributed by atoms with Gasteiger partial charge in [0.25, 0.3) is 31.7 Å². The number of sulfonamides is 1. The van der Waals surface area contributed by atoms with Crippen LogP contribution in [0.1, 0.15) is 85.3 Å². The van der Waals surface area contributed by atoms with Crippen molar-refractivity contribution in [2.24, 2.45) is 11.8 Å². The number of nitrogens with zero attached hydrogens (tertiary/aromatic N) is 3. The maximum atomic E-state index is 14.4. The number of alkyl halides is 3. The number of hydrogen-bond donors (Lipinski definition) is 5. The summed E-state index contributed by atoms with van der Waals surface area (Å²) in [7, 11) is -11.2. The molecule has 0 bridgehead atoms. The summed E-state index contributed by atoms with van der Waals surface area (Å²) in [5.41, 5.74) is -1.77. The number of carbonyl (C=O) groups excluding carboxylic acids is 2. The topological polar surface area (TPSA) is 215 Å². The number of likely N-dealkylation sites (N-methyl/N-ethyl adjacent to an activating group) is 1. The Morgan fingerprint density at radius 2 is 1.35 bits per heavy atom. The van der Waals surface area contributed by atoms with Crippen LogP contribution in [-0.2, 0) is 29.1 Å². The Balaban J connectivity index is 0.918. The molecule has 1 unspecified atom stereocenters. The van der Waals surface area contributed by atoms with Crippen LogP contribution in [0, 0.1) is 11.8 Å². The van der Waals surface area contributed by atoms with E-state index >= 15 is 0 Å². The van der Waals surface area contributed by atoms with Crippen molar-refractivity contribution < 1.29 is 59.0 Å². The van der Waals surface area contributed by atoms with Crippen molar-refractivity contribution >= 4 is 92.1 Å². The number of rotatable bonds is 24. The normalized spacial score (nSPS) is 15.6. The highest BCUT2D eigenvalue weighted by atomic mass is 35.5. The van der Waals surface area contributed by atoms with Gasteiger partial charge in [0.1, 0.15) is 4.90 Å². The number of hydrogen-bond acceptors (Lipinski definition) is 14. The first-order chi connectivity index (χ1) is 41.5. The summed E-state index contributed by atoms with van der Waals surface area (Å²) in [5, 5.41) is 28.1. The molecular weight excluding hydrogens is 1230 g/mol. The number of aliphatic carboxylic acids is 1. The second-order valence-electron chi connectivity index (χ2n) is 23.9. The van der Waals surface area contributed by atoms with Crippen molar-refractivity contribution in [2.45, 2.75) is 103 Å². The summed E-state index contributed by atoms with van der Waals surface area (Å²) < 4.78 is 106. The fourth-order valence-electron chi connectivity index (χ4n) is 10.4. The number of aliphatic hydroxyl groups is 1. The molecule has 2 fully saturated rings. The Bertz CT molecular complexity index is 3630. The van der Waals surface area contributed by atoms with Gasteiger partial charge in [0.05, 0.1) is 22.6 Å². The van der Waals surface area contributed by atoms with Crippen molar-refractivity contribution in [3.05, 3.63) is 161 Å². The highest BCUT2D eigenvalue weighted by Crippen LogP contribution is 2.41. The third kappa shape index (κ3) is 17.1. The summed E-state index contributed by atoms with van der Waals surface area (Å²) in [6.07, 6.45) is 1.53. The van der Waals surface area contributed by atoms with Crippen LogP contribution in [-0.4, -0.2) is 128 Å². The van der Waals surface area contributed by atoms with Crippen molar-refractivity contribution in [1.82, 2.24) is 9.62 Å². The van der Waals surface area contributed by atoms with Gasteiger partial charge in [0, 0.05) is 89.2 Å². The van der Waals surface area contributed by atoms with Gasteiger partial charge < -0.3 is 40.0 Å². The number of anilines is 4. The number of nitrogens with one attached hydrogen (secondary N) is 3. The zero-order chi connectivity index (χ0) is 63.8. The highest BCUT2D eigenvalue weighted by molar-refractivity contribution is 7.99. The Morgan fingerprint density at radius 3 is 1.94 bits per heavy atom. The molecule has 0 aromatic heterocycles. The molecule has 5 N–H and O–H groups in total. The van der Waals surface area contributed by atoms with E-state index in [1.807, 2.05) is 76.2 Å². The molecule has 0 aliphatic carbocycles. The highest BCUT2D eigenvalue weighted by Gasteiger charge is 2.49. The molecule has 472 valence electrons. The van der Waals surface area contributed by atoms with Gasteiger partial charge in [-0.3, -0.25) is 14.4 Å². The van der Waals surface area contributed by atoms with Gasteiger partial charge in [-0.25, -0.2) is 21.6 Å². The first-order valence-corrected chi connectivity index (χ1v) is 36.3. The van der Waals surface area contributed by atoms with E-state index in [0.717, 1.165) is 33.8 Å². The molecule has 88 heavy (non-hydrogen) atoms. The van der Waals surface area contributed by atoms with Gasteiger partial charge in [-0.05, 0) is 190 Å². The third-order valence-corrected chi connectivity index (χ3v) is 25.7. The number of carboxylic acids is 1. The standard InChI is InChI=1S/C64H76ClF3N6O10S3Si/c1-63(2,3)88(5,6)84-39-38-72(4)33-32-50(42-85-53-10-8-7-9-11-53)69-57-27-25-54(41-58(57)86(80,81)64(66,67)68)87(82,83)71-61(77)45-14-21-51(22-15-45)73-34-28-44(29-35-73)59(75)56-40-47(16-26-55(56)43-12-17-48(65)18-13-43)60(76)70-49-19-23-52(24-20-49)74-36-30-46(31-37-74)62(78)79/h7-27,40-41,44,46,50,59,69,75H,28-39,42H2,1-6H3,(H,70,76)(H,71,77)(H,78,79)/t50?,59-/m0/s1. The molecule has 2 aliphatic heterocycles. The van der Waals surface area contributed by atoms with Gasteiger partial charge in [0.15, 0.2) is 8.32 Å². The van der Waals surface area contributed by atoms with Crippen molar-refractivity contribution in [2.75, 3.05) is 79.1 Å². The lowest BCUT2D eigenvalue weighted by Gasteiger charge is -2.36. The first kappa shape index (κ1) is 67.5. The number of sulfone groups is 1. The van der Waals surface area contributed by atoms with Gasteiger partial charge in [0.2, 0.25) is 0 Å². The summed E-state index contributed by atoms with van der Waals surface area (Å²) in [4.78, 5) is 43.7. The Morgan fingerprint density at radius 1 is 0.761 bits per heavy atom. The van der Waals surface area contributed by atoms with Crippen LogP contribution in [0.3, 0.4) is 0 Å². The van der Waals surface area contributed by atoms with Gasteiger partial charge in [-0.2, -0.15) is 13.2 Å². The number of piperidine rings is 2. The summed E-state index contributed by atoms with van der Waals surface area (Å²) in [6.45, 7) is 14.5. The van der Waals surface area contributed by atoms with E-state index in [4.69, 9.17) is 16.0 Å². The number of thioether (sulfide) groups is 1. The quantitative estimate of drug-likeness (QED) is 0.0281. The Kier molecular flexibility index (Phi) is 21.9. The molecule has 2 atom stereocenters. The largest absolute Gasteiger partial charge is 0.501 e. The minimum atomic E-state index is -6.14. The molecule has 0 spiro atoms. The lowest BCUT2D eigenvalue weighted by atomic mass is 9.83. The van der Waals surface area contributed by atoms with E-state index in [-0.39, 0.29) is 28.3 Å². The van der Waals surface area contributed by atoms with Gasteiger partial charge in [-0.1, -0.05) is 68.8 Å². The number of aliphatic hydroxyl groups excluding tert-OH is 1. The molecule has 2 amide bonds. The van der Waals surface area contributed by atoms with E-state index < -0.39 is 73.2 Å². The van der Waals surface area contributed by atoms with Crippen LogP contribution in [0.25, 0.3) is 11.1 Å².